The van der Waals surface area contributed by atoms with Crippen LogP contribution in [0.5, 0.6) is 0 Å². The quantitative estimate of drug-likeness (QED) is 0.263. The standard InChI is InChI=1S/C29H28FN5O3/c30-24-10-7-20(8-11-24)28-26(19-32-13-15-33(16-14-32)29(36)21-3-1-4-21)34-18-23(9-12-27(34)31-28)22-5-2-6-25(17-22)35(37)38/h2,5-12,17-18,21H,1,3-4,13-16,19H2. The number of carbonyl (C=O) groups is 1. The molecule has 6 rings (SSSR count). The van der Waals surface area contributed by atoms with Crippen molar-refractivity contribution in [1.82, 2.24) is 19.2 Å². The number of nitrogens with zero attached hydrogens (tertiary/aromatic N) is 5. The Morgan fingerprint density at radius 2 is 1.71 bits per heavy atom. The molecule has 1 amide bonds. The van der Waals surface area contributed by atoms with Crippen LogP contribution in [0, 0.1) is 21.8 Å². The van der Waals surface area contributed by atoms with Crippen molar-refractivity contribution >= 4 is 17.2 Å². The molecule has 2 aromatic heterocycles. The van der Waals surface area contributed by atoms with Crippen LogP contribution in [0.2, 0.25) is 0 Å². The van der Waals surface area contributed by atoms with Crippen LogP contribution in [0.15, 0.2) is 66.9 Å². The molecule has 8 nitrogen and oxygen atoms in total. The van der Waals surface area contributed by atoms with Gasteiger partial charge in [0, 0.05) is 62.5 Å². The van der Waals surface area contributed by atoms with Crippen LogP contribution < -0.4 is 0 Å². The highest BCUT2D eigenvalue weighted by atomic mass is 19.1. The highest BCUT2D eigenvalue weighted by Crippen LogP contribution is 2.31. The van der Waals surface area contributed by atoms with Crippen LogP contribution in [0.1, 0.15) is 25.0 Å². The third-order valence-electron chi connectivity index (χ3n) is 7.74. The van der Waals surface area contributed by atoms with Crippen molar-refractivity contribution < 1.29 is 14.1 Å². The Morgan fingerprint density at radius 3 is 2.39 bits per heavy atom. The number of fused-ring (bicyclic) bond motifs is 1. The Morgan fingerprint density at radius 1 is 0.974 bits per heavy atom. The third-order valence-corrected chi connectivity index (χ3v) is 7.74. The first-order chi connectivity index (χ1) is 18.5. The maximum atomic E-state index is 13.7. The lowest BCUT2D eigenvalue weighted by molar-refractivity contribution is -0.384. The molecular formula is C29H28FN5O3. The molecular weight excluding hydrogens is 485 g/mol. The summed E-state index contributed by atoms with van der Waals surface area (Å²) in [7, 11) is 0. The minimum atomic E-state index is -0.396. The van der Waals surface area contributed by atoms with E-state index < -0.39 is 4.92 Å². The summed E-state index contributed by atoms with van der Waals surface area (Å²) in [5, 5.41) is 11.3. The van der Waals surface area contributed by atoms with Crippen molar-refractivity contribution in [2.75, 3.05) is 26.2 Å². The number of benzene rings is 2. The highest BCUT2D eigenvalue weighted by Gasteiger charge is 2.31. The van der Waals surface area contributed by atoms with E-state index in [1.807, 2.05) is 33.7 Å². The van der Waals surface area contributed by atoms with E-state index in [0.29, 0.717) is 25.5 Å². The van der Waals surface area contributed by atoms with Crippen molar-refractivity contribution in [1.29, 1.82) is 0 Å². The van der Waals surface area contributed by atoms with Gasteiger partial charge in [-0.15, -0.1) is 0 Å². The van der Waals surface area contributed by atoms with Crippen molar-refractivity contribution in [2.45, 2.75) is 25.8 Å². The van der Waals surface area contributed by atoms with Crippen LogP contribution in [-0.4, -0.2) is 56.2 Å². The predicted molar refractivity (Wildman–Crippen MR) is 142 cm³/mol. The molecule has 1 aliphatic heterocycles. The molecule has 1 aliphatic carbocycles. The molecule has 0 N–H and O–H groups in total. The van der Waals surface area contributed by atoms with Crippen LogP contribution in [0.25, 0.3) is 28.0 Å². The van der Waals surface area contributed by atoms with Gasteiger partial charge < -0.3 is 9.30 Å². The lowest BCUT2D eigenvalue weighted by Gasteiger charge is -2.38. The molecule has 1 saturated heterocycles. The molecule has 2 aromatic carbocycles. The fourth-order valence-corrected chi connectivity index (χ4v) is 5.30. The fraction of sp³-hybridized carbons (Fsp3) is 0.310. The van der Waals surface area contributed by atoms with E-state index in [1.165, 1.54) is 18.2 Å². The zero-order valence-corrected chi connectivity index (χ0v) is 20.9. The lowest BCUT2D eigenvalue weighted by Crippen LogP contribution is -2.50. The molecule has 0 atom stereocenters. The third kappa shape index (κ3) is 4.65. The number of pyridine rings is 1. The Kier molecular flexibility index (Phi) is 6.37. The van der Waals surface area contributed by atoms with Crippen LogP contribution in [0.4, 0.5) is 10.1 Å². The Balaban J connectivity index is 1.33. The van der Waals surface area contributed by atoms with Gasteiger partial charge in [-0.2, -0.15) is 0 Å². The smallest absolute Gasteiger partial charge is 0.270 e. The van der Waals surface area contributed by atoms with Crippen molar-refractivity contribution in [3.8, 4) is 22.4 Å². The molecule has 0 radical (unpaired) electrons. The summed E-state index contributed by atoms with van der Waals surface area (Å²) < 4.78 is 15.7. The van der Waals surface area contributed by atoms with Gasteiger partial charge in [0.25, 0.3) is 5.69 Å². The average molecular weight is 514 g/mol. The van der Waals surface area contributed by atoms with E-state index in [-0.39, 0.29) is 17.4 Å². The van der Waals surface area contributed by atoms with Crippen LogP contribution in [0.3, 0.4) is 0 Å². The number of halogens is 1. The number of imidazole rings is 1. The number of non-ortho nitro benzene ring substituents is 1. The lowest BCUT2D eigenvalue weighted by atomic mass is 9.84. The second-order valence-electron chi connectivity index (χ2n) is 10.1. The van der Waals surface area contributed by atoms with E-state index in [1.54, 1.807) is 24.3 Å². The summed E-state index contributed by atoms with van der Waals surface area (Å²) in [6.07, 6.45) is 5.12. The molecule has 9 heteroatoms. The minimum Gasteiger partial charge on any atom is -0.340 e. The van der Waals surface area contributed by atoms with E-state index in [0.717, 1.165) is 66.1 Å². The SMILES string of the molecule is O=C(C1CCC1)N1CCN(Cc2c(-c3ccc(F)cc3)nc3ccc(-c4cccc([N+](=O)[O-])c4)cn23)CC1. The molecule has 194 valence electrons. The number of aromatic nitrogens is 2. The molecule has 1 saturated carbocycles. The Hall–Kier alpha value is -4.11. The normalized spacial score (nSPS) is 16.5. The topological polar surface area (TPSA) is 84.0 Å². The fourth-order valence-electron chi connectivity index (χ4n) is 5.30. The summed E-state index contributed by atoms with van der Waals surface area (Å²) in [5.74, 6) is 0.191. The number of carbonyl (C=O) groups excluding carboxylic acids is 1. The Bertz CT molecular complexity index is 1500. The number of nitro benzene ring substituents is 1. The molecule has 38 heavy (non-hydrogen) atoms. The van der Waals surface area contributed by atoms with E-state index >= 15 is 0 Å². The first-order valence-corrected chi connectivity index (χ1v) is 13.0. The minimum absolute atomic E-state index is 0.0368. The van der Waals surface area contributed by atoms with Gasteiger partial charge in [-0.3, -0.25) is 19.8 Å². The number of amides is 1. The first kappa shape index (κ1) is 24.2. The van der Waals surface area contributed by atoms with Gasteiger partial charge >= 0.3 is 0 Å². The van der Waals surface area contributed by atoms with Gasteiger partial charge in [0.05, 0.1) is 16.3 Å². The maximum Gasteiger partial charge on any atom is 0.270 e. The summed E-state index contributed by atoms with van der Waals surface area (Å²) >= 11 is 0. The summed E-state index contributed by atoms with van der Waals surface area (Å²) in [6, 6.07) is 16.7. The molecule has 0 bridgehead atoms. The van der Waals surface area contributed by atoms with E-state index in [2.05, 4.69) is 4.90 Å². The van der Waals surface area contributed by atoms with E-state index in [9.17, 15) is 19.3 Å². The van der Waals surface area contributed by atoms with Crippen molar-refractivity contribution in [3.63, 3.8) is 0 Å². The molecule has 2 fully saturated rings. The Labute approximate surface area is 219 Å². The maximum absolute atomic E-state index is 13.7. The largest absolute Gasteiger partial charge is 0.340 e. The van der Waals surface area contributed by atoms with Gasteiger partial charge in [0.15, 0.2) is 0 Å². The molecule has 3 heterocycles. The second-order valence-corrected chi connectivity index (χ2v) is 10.1. The van der Waals surface area contributed by atoms with Gasteiger partial charge in [-0.05, 0) is 60.4 Å². The van der Waals surface area contributed by atoms with Gasteiger partial charge in [-0.1, -0.05) is 18.6 Å². The average Bonchev–Trinajstić information content (AvgIpc) is 3.26. The van der Waals surface area contributed by atoms with E-state index in [4.69, 9.17) is 4.98 Å². The zero-order valence-electron chi connectivity index (χ0n) is 20.9. The number of hydrogen-bond donors (Lipinski definition) is 0. The number of rotatable bonds is 6. The van der Waals surface area contributed by atoms with Gasteiger partial charge in [-0.25, -0.2) is 9.37 Å². The zero-order chi connectivity index (χ0) is 26.2. The van der Waals surface area contributed by atoms with Crippen LogP contribution in [-0.2, 0) is 11.3 Å². The van der Waals surface area contributed by atoms with Crippen LogP contribution >= 0.6 is 0 Å². The second kappa shape index (κ2) is 9.98. The first-order valence-electron chi connectivity index (χ1n) is 13.0. The van der Waals surface area contributed by atoms with Crippen molar-refractivity contribution in [3.05, 3.63) is 88.5 Å². The highest BCUT2D eigenvalue weighted by molar-refractivity contribution is 5.79. The molecule has 0 spiro atoms. The van der Waals surface area contributed by atoms with Gasteiger partial charge in [0.2, 0.25) is 5.91 Å². The number of piperazine rings is 1. The summed E-state index contributed by atoms with van der Waals surface area (Å²) in [6.45, 7) is 3.55. The molecule has 0 unspecified atom stereocenters. The number of hydrogen-bond acceptors (Lipinski definition) is 5. The molecule has 4 aromatic rings. The molecule has 2 aliphatic rings. The summed E-state index contributed by atoms with van der Waals surface area (Å²) in [5.41, 5.74) is 4.91. The number of nitro groups is 1. The van der Waals surface area contributed by atoms with Gasteiger partial charge in [0.1, 0.15) is 11.5 Å². The summed E-state index contributed by atoms with van der Waals surface area (Å²) in [4.78, 5) is 32.8. The van der Waals surface area contributed by atoms with Crippen molar-refractivity contribution in [2.24, 2.45) is 5.92 Å². The monoisotopic (exact) mass is 513 g/mol. The predicted octanol–water partition coefficient (Wildman–Crippen LogP) is 5.16.